The number of carbonyl (C=O) groups is 1. The van der Waals surface area contributed by atoms with E-state index in [2.05, 4.69) is 15.2 Å². The van der Waals surface area contributed by atoms with Gasteiger partial charge in [0.25, 0.3) is 5.91 Å². The van der Waals surface area contributed by atoms with Crippen LogP contribution in [0, 0.1) is 0 Å². The van der Waals surface area contributed by atoms with E-state index in [9.17, 15) is 13.6 Å². The summed E-state index contributed by atoms with van der Waals surface area (Å²) >= 11 is 6.14. The van der Waals surface area contributed by atoms with Crippen molar-refractivity contribution in [2.24, 2.45) is 0 Å². The molecule has 1 N–H and O–H groups in total. The van der Waals surface area contributed by atoms with Gasteiger partial charge in [-0.3, -0.25) is 4.79 Å². The highest BCUT2D eigenvalue weighted by atomic mass is 35.5. The number of amides is 1. The molecule has 0 unspecified atom stereocenters. The number of aromatic nitrogens is 2. The standard InChI is InChI=1S/C20H18ClF2N3O3/c1-28-17-7-6-13(12-18(17)29-20(22)23)8-10-24-19(27)15-9-11-26(25-15)16-5-3-2-4-14(16)21/h2-7,9,11-12,20H,8,10H2,1H3,(H,24,27). The minimum Gasteiger partial charge on any atom is -0.493 e. The van der Waals surface area contributed by atoms with Gasteiger partial charge in [-0.05, 0) is 42.3 Å². The maximum Gasteiger partial charge on any atom is 0.387 e. The number of hydrogen-bond donors (Lipinski definition) is 1. The summed E-state index contributed by atoms with van der Waals surface area (Å²) in [5.74, 6) is -0.193. The van der Waals surface area contributed by atoms with Crippen LogP contribution in [0.5, 0.6) is 11.5 Å². The van der Waals surface area contributed by atoms with E-state index in [1.54, 1.807) is 42.6 Å². The fraction of sp³-hybridized carbons (Fsp3) is 0.200. The van der Waals surface area contributed by atoms with E-state index in [0.717, 1.165) is 0 Å². The molecule has 0 aliphatic carbocycles. The molecule has 0 aliphatic heterocycles. The lowest BCUT2D eigenvalue weighted by molar-refractivity contribution is -0.0512. The van der Waals surface area contributed by atoms with Crippen LogP contribution in [0.1, 0.15) is 16.1 Å². The first-order valence-electron chi connectivity index (χ1n) is 8.68. The first-order valence-corrected chi connectivity index (χ1v) is 9.06. The third-order valence-electron chi connectivity index (χ3n) is 4.06. The lowest BCUT2D eigenvalue weighted by Gasteiger charge is -2.11. The molecular weight excluding hydrogens is 404 g/mol. The number of nitrogens with zero attached hydrogens (tertiary/aromatic N) is 2. The molecule has 152 valence electrons. The second-order valence-electron chi connectivity index (χ2n) is 5.97. The molecule has 0 saturated heterocycles. The molecule has 1 amide bonds. The molecule has 0 atom stereocenters. The molecule has 0 spiro atoms. The Kier molecular flexibility index (Phi) is 6.66. The van der Waals surface area contributed by atoms with Crippen LogP contribution in [0.25, 0.3) is 5.69 Å². The van der Waals surface area contributed by atoms with Crippen LogP contribution in [-0.2, 0) is 6.42 Å². The van der Waals surface area contributed by atoms with Crippen molar-refractivity contribution in [2.45, 2.75) is 13.0 Å². The highest BCUT2D eigenvalue weighted by molar-refractivity contribution is 6.32. The summed E-state index contributed by atoms with van der Waals surface area (Å²) in [4.78, 5) is 12.3. The molecule has 9 heteroatoms. The van der Waals surface area contributed by atoms with Crippen molar-refractivity contribution in [1.29, 1.82) is 0 Å². The summed E-state index contributed by atoms with van der Waals surface area (Å²) in [5, 5.41) is 7.50. The van der Waals surface area contributed by atoms with Gasteiger partial charge >= 0.3 is 6.61 Å². The molecule has 0 aliphatic rings. The van der Waals surface area contributed by atoms with Crippen LogP contribution in [0.15, 0.2) is 54.7 Å². The smallest absolute Gasteiger partial charge is 0.387 e. The number of benzene rings is 2. The molecule has 2 aromatic carbocycles. The van der Waals surface area contributed by atoms with Gasteiger partial charge in [0.2, 0.25) is 0 Å². The maximum atomic E-state index is 12.5. The number of rotatable bonds is 8. The Morgan fingerprint density at radius 1 is 1.21 bits per heavy atom. The van der Waals surface area contributed by atoms with Crippen molar-refractivity contribution >= 4 is 17.5 Å². The average Bonchev–Trinajstić information content (AvgIpc) is 3.18. The normalized spacial score (nSPS) is 10.8. The summed E-state index contributed by atoms with van der Waals surface area (Å²) in [6.07, 6.45) is 2.06. The minimum atomic E-state index is -2.95. The van der Waals surface area contributed by atoms with Crippen LogP contribution in [0.4, 0.5) is 8.78 Å². The second kappa shape index (κ2) is 9.38. The van der Waals surface area contributed by atoms with Gasteiger partial charge in [-0.1, -0.05) is 29.8 Å². The topological polar surface area (TPSA) is 65.4 Å². The minimum absolute atomic E-state index is 0.0511. The van der Waals surface area contributed by atoms with Crippen molar-refractivity contribution in [3.8, 4) is 17.2 Å². The molecule has 29 heavy (non-hydrogen) atoms. The van der Waals surface area contributed by atoms with E-state index in [0.29, 0.717) is 22.7 Å². The maximum absolute atomic E-state index is 12.5. The van der Waals surface area contributed by atoms with Gasteiger partial charge in [0.1, 0.15) is 0 Å². The van der Waals surface area contributed by atoms with E-state index >= 15 is 0 Å². The zero-order valence-corrected chi connectivity index (χ0v) is 16.2. The van der Waals surface area contributed by atoms with Crippen LogP contribution in [0.2, 0.25) is 5.02 Å². The average molecular weight is 422 g/mol. The van der Waals surface area contributed by atoms with Gasteiger partial charge in [-0.2, -0.15) is 13.9 Å². The van der Waals surface area contributed by atoms with Crippen LogP contribution in [-0.4, -0.2) is 36.0 Å². The van der Waals surface area contributed by atoms with Crippen LogP contribution < -0.4 is 14.8 Å². The molecule has 3 aromatic rings. The van der Waals surface area contributed by atoms with Gasteiger partial charge in [0.05, 0.1) is 17.8 Å². The summed E-state index contributed by atoms with van der Waals surface area (Å²) in [6.45, 7) is -2.66. The first kappa shape index (κ1) is 20.6. The predicted molar refractivity (Wildman–Crippen MR) is 104 cm³/mol. The number of nitrogens with one attached hydrogen (secondary N) is 1. The molecule has 1 aromatic heterocycles. The Balaban J connectivity index is 1.60. The van der Waals surface area contributed by atoms with Gasteiger partial charge < -0.3 is 14.8 Å². The van der Waals surface area contributed by atoms with Crippen molar-refractivity contribution in [2.75, 3.05) is 13.7 Å². The fourth-order valence-corrected chi connectivity index (χ4v) is 2.91. The zero-order valence-electron chi connectivity index (χ0n) is 15.4. The molecule has 0 radical (unpaired) electrons. The number of methoxy groups -OCH3 is 1. The second-order valence-corrected chi connectivity index (χ2v) is 6.37. The third-order valence-corrected chi connectivity index (χ3v) is 4.38. The Morgan fingerprint density at radius 3 is 2.72 bits per heavy atom. The van der Waals surface area contributed by atoms with Gasteiger partial charge in [0.15, 0.2) is 17.2 Å². The summed E-state index contributed by atoms with van der Waals surface area (Å²) < 4.78 is 36.0. The number of hydrogen-bond acceptors (Lipinski definition) is 4. The number of ether oxygens (including phenoxy) is 2. The SMILES string of the molecule is COc1ccc(CCNC(=O)c2ccn(-c3ccccc3Cl)n2)cc1OC(F)F. The Labute approximate surface area is 171 Å². The lowest BCUT2D eigenvalue weighted by atomic mass is 10.1. The van der Waals surface area contributed by atoms with Crippen molar-refractivity contribution in [1.82, 2.24) is 15.1 Å². The summed E-state index contributed by atoms with van der Waals surface area (Å²) in [6, 6.07) is 13.5. The van der Waals surface area contributed by atoms with E-state index in [1.807, 2.05) is 6.07 Å². The fourth-order valence-electron chi connectivity index (χ4n) is 2.69. The van der Waals surface area contributed by atoms with Crippen molar-refractivity contribution < 1.29 is 23.0 Å². The quantitative estimate of drug-likeness (QED) is 0.594. The van der Waals surface area contributed by atoms with E-state index in [1.165, 1.54) is 17.9 Å². The number of carbonyl (C=O) groups excluding carboxylic acids is 1. The van der Waals surface area contributed by atoms with E-state index in [4.69, 9.17) is 16.3 Å². The largest absolute Gasteiger partial charge is 0.493 e. The molecule has 1 heterocycles. The first-order chi connectivity index (χ1) is 14.0. The van der Waals surface area contributed by atoms with Crippen LogP contribution in [0.3, 0.4) is 0 Å². The predicted octanol–water partition coefficient (Wildman–Crippen LogP) is 4.11. The van der Waals surface area contributed by atoms with Gasteiger partial charge in [-0.25, -0.2) is 4.68 Å². The number of alkyl halides is 2. The van der Waals surface area contributed by atoms with Crippen molar-refractivity contribution in [3.63, 3.8) is 0 Å². The molecule has 3 rings (SSSR count). The number of para-hydroxylation sites is 1. The molecular formula is C20H18ClF2N3O3. The van der Waals surface area contributed by atoms with Crippen LogP contribution >= 0.6 is 11.6 Å². The third kappa shape index (κ3) is 5.23. The molecule has 6 nitrogen and oxygen atoms in total. The van der Waals surface area contributed by atoms with Crippen molar-refractivity contribution in [3.05, 3.63) is 71.0 Å². The monoisotopic (exact) mass is 421 g/mol. The summed E-state index contributed by atoms with van der Waals surface area (Å²) in [5.41, 5.74) is 1.61. The summed E-state index contributed by atoms with van der Waals surface area (Å²) in [7, 11) is 1.37. The Morgan fingerprint density at radius 2 is 2.00 bits per heavy atom. The van der Waals surface area contributed by atoms with Gasteiger partial charge in [-0.15, -0.1) is 0 Å². The highest BCUT2D eigenvalue weighted by Crippen LogP contribution is 2.29. The Hall–Kier alpha value is -3.13. The van der Waals surface area contributed by atoms with E-state index < -0.39 is 6.61 Å². The zero-order chi connectivity index (χ0) is 20.8. The molecule has 0 saturated carbocycles. The highest BCUT2D eigenvalue weighted by Gasteiger charge is 2.13. The number of halogens is 3. The lowest BCUT2D eigenvalue weighted by Crippen LogP contribution is -2.26. The van der Waals surface area contributed by atoms with Gasteiger partial charge in [0, 0.05) is 12.7 Å². The van der Waals surface area contributed by atoms with E-state index in [-0.39, 0.29) is 29.6 Å². The Bertz CT molecular complexity index is 995. The molecule has 0 fully saturated rings. The molecule has 0 bridgehead atoms.